The van der Waals surface area contributed by atoms with Crippen LogP contribution in [-0.2, 0) is 0 Å². The predicted octanol–water partition coefficient (Wildman–Crippen LogP) is 2.50. The van der Waals surface area contributed by atoms with Gasteiger partial charge in [-0.25, -0.2) is 0 Å². The van der Waals surface area contributed by atoms with Crippen LogP contribution in [0.1, 0.15) is 13.3 Å². The fraction of sp³-hybridized carbons (Fsp3) is 1.00. The van der Waals surface area contributed by atoms with Gasteiger partial charge in [0.05, 0.1) is 6.10 Å². The summed E-state index contributed by atoms with van der Waals surface area (Å²) < 4.78 is 70.5. The number of alkyl halides is 6. The summed E-state index contributed by atoms with van der Waals surface area (Å²) in [6.07, 6.45) is -13.7. The van der Waals surface area contributed by atoms with E-state index in [-0.39, 0.29) is 0 Å². The van der Waals surface area contributed by atoms with Gasteiger partial charge in [0.1, 0.15) is 0 Å². The summed E-state index contributed by atoms with van der Waals surface area (Å²) in [6, 6.07) is 0. The molecule has 0 unspecified atom stereocenters. The van der Waals surface area contributed by atoms with Crippen molar-refractivity contribution in [1.29, 1.82) is 0 Å². The van der Waals surface area contributed by atoms with Crippen LogP contribution in [0, 0.1) is 5.92 Å². The van der Waals surface area contributed by atoms with Crippen LogP contribution in [0.15, 0.2) is 0 Å². The maximum absolute atomic E-state index is 11.7. The molecule has 80 valence electrons. The summed E-state index contributed by atoms with van der Waals surface area (Å²) >= 11 is 0. The van der Waals surface area contributed by atoms with Crippen molar-refractivity contribution in [3.05, 3.63) is 0 Å². The molecule has 13 heavy (non-hydrogen) atoms. The molecule has 0 saturated heterocycles. The lowest BCUT2D eigenvalue weighted by Gasteiger charge is -2.23. The van der Waals surface area contributed by atoms with Crippen LogP contribution in [0.4, 0.5) is 26.3 Å². The first-order chi connectivity index (χ1) is 5.55. The molecule has 0 amide bonds. The van der Waals surface area contributed by atoms with Gasteiger partial charge in [0.15, 0.2) is 5.92 Å². The normalized spacial score (nSPS) is 16.4. The molecule has 0 aromatic heterocycles. The van der Waals surface area contributed by atoms with Crippen LogP contribution in [0.25, 0.3) is 0 Å². The van der Waals surface area contributed by atoms with Crippen LogP contribution in [-0.4, -0.2) is 23.6 Å². The number of rotatable bonds is 2. The molecule has 0 spiro atoms. The van der Waals surface area contributed by atoms with Crippen molar-refractivity contribution in [3.63, 3.8) is 0 Å². The van der Waals surface area contributed by atoms with Gasteiger partial charge in [0.25, 0.3) is 0 Å². The lowest BCUT2D eigenvalue weighted by Crippen LogP contribution is -2.38. The molecular weight excluding hydrogens is 202 g/mol. The molecule has 0 saturated carbocycles. The summed E-state index contributed by atoms with van der Waals surface area (Å²) in [5.74, 6) is -3.44. The van der Waals surface area contributed by atoms with Crippen molar-refractivity contribution >= 4 is 0 Å². The van der Waals surface area contributed by atoms with E-state index < -0.39 is 30.8 Å². The lowest BCUT2D eigenvalue weighted by molar-refractivity contribution is -0.289. The smallest absolute Gasteiger partial charge is 0.393 e. The summed E-state index contributed by atoms with van der Waals surface area (Å²) in [7, 11) is 0. The highest BCUT2D eigenvalue weighted by molar-refractivity contribution is 4.76. The van der Waals surface area contributed by atoms with E-state index in [1.807, 2.05) is 0 Å². The molecule has 1 N–H and O–H groups in total. The van der Waals surface area contributed by atoms with Crippen molar-refractivity contribution in [2.45, 2.75) is 31.8 Å². The van der Waals surface area contributed by atoms with Crippen molar-refractivity contribution in [2.75, 3.05) is 0 Å². The van der Waals surface area contributed by atoms with Crippen LogP contribution in [0.5, 0.6) is 0 Å². The molecule has 0 fully saturated rings. The van der Waals surface area contributed by atoms with Crippen LogP contribution >= 0.6 is 0 Å². The Bertz CT molecular complexity index is 143. The van der Waals surface area contributed by atoms with E-state index >= 15 is 0 Å². The Morgan fingerprint density at radius 3 is 1.38 bits per heavy atom. The minimum atomic E-state index is -5.35. The first-order valence-corrected chi connectivity index (χ1v) is 3.36. The van der Waals surface area contributed by atoms with Gasteiger partial charge < -0.3 is 5.11 Å². The van der Waals surface area contributed by atoms with E-state index in [4.69, 9.17) is 5.11 Å². The van der Waals surface area contributed by atoms with Crippen LogP contribution in [0.3, 0.4) is 0 Å². The standard InChI is InChI=1S/C6H8F6O/c1-3(13)2-4(5(7,8)9)6(10,11)12/h3-4,13H,2H2,1H3/t3-/m0/s1. The number of hydrogen-bond acceptors (Lipinski definition) is 1. The minimum Gasteiger partial charge on any atom is -0.393 e. The number of aliphatic hydroxyl groups is 1. The van der Waals surface area contributed by atoms with Gasteiger partial charge in [-0.15, -0.1) is 0 Å². The molecule has 0 heterocycles. The molecular formula is C6H8F6O. The van der Waals surface area contributed by atoms with Crippen molar-refractivity contribution in [2.24, 2.45) is 5.92 Å². The Labute approximate surface area is 70.4 Å². The fourth-order valence-electron chi connectivity index (χ4n) is 0.794. The van der Waals surface area contributed by atoms with Gasteiger partial charge in [-0.1, -0.05) is 0 Å². The first kappa shape index (κ1) is 12.5. The maximum Gasteiger partial charge on any atom is 0.400 e. The van der Waals surface area contributed by atoms with Crippen LogP contribution < -0.4 is 0 Å². The molecule has 0 aromatic rings. The number of halogens is 6. The Morgan fingerprint density at radius 1 is 1.00 bits per heavy atom. The van der Waals surface area contributed by atoms with Crippen molar-refractivity contribution in [1.82, 2.24) is 0 Å². The van der Waals surface area contributed by atoms with E-state index in [0.29, 0.717) is 0 Å². The predicted molar refractivity (Wildman–Crippen MR) is 31.9 cm³/mol. The molecule has 0 bridgehead atoms. The van der Waals surface area contributed by atoms with Gasteiger partial charge in [-0.3, -0.25) is 0 Å². The average Bonchev–Trinajstić information content (AvgIpc) is 1.77. The molecule has 0 aromatic carbocycles. The molecule has 0 aliphatic rings. The van der Waals surface area contributed by atoms with Gasteiger partial charge in [-0.2, -0.15) is 26.3 Å². The quantitative estimate of drug-likeness (QED) is 0.694. The van der Waals surface area contributed by atoms with Crippen LogP contribution in [0.2, 0.25) is 0 Å². The zero-order valence-corrected chi connectivity index (χ0v) is 6.58. The highest BCUT2D eigenvalue weighted by Crippen LogP contribution is 2.41. The van der Waals surface area contributed by atoms with E-state index in [2.05, 4.69) is 0 Å². The average molecular weight is 210 g/mol. The van der Waals surface area contributed by atoms with Gasteiger partial charge >= 0.3 is 12.4 Å². The Balaban J connectivity index is 4.58. The number of aliphatic hydroxyl groups excluding tert-OH is 1. The minimum absolute atomic E-state index is 0.879. The third-order valence-electron chi connectivity index (χ3n) is 1.37. The van der Waals surface area contributed by atoms with E-state index in [9.17, 15) is 26.3 Å². The van der Waals surface area contributed by atoms with E-state index in [1.54, 1.807) is 0 Å². The largest absolute Gasteiger partial charge is 0.400 e. The lowest BCUT2D eigenvalue weighted by atomic mass is 10.0. The molecule has 0 rings (SSSR count). The number of hydrogen-bond donors (Lipinski definition) is 1. The maximum atomic E-state index is 11.7. The van der Waals surface area contributed by atoms with Gasteiger partial charge in [0, 0.05) is 0 Å². The molecule has 0 radical (unpaired) electrons. The zero-order valence-electron chi connectivity index (χ0n) is 6.58. The second-order valence-electron chi connectivity index (χ2n) is 2.72. The van der Waals surface area contributed by atoms with Gasteiger partial charge in [0.2, 0.25) is 0 Å². The molecule has 0 aliphatic heterocycles. The highest BCUT2D eigenvalue weighted by atomic mass is 19.4. The summed E-state index contributed by atoms with van der Waals surface area (Å²) in [5.41, 5.74) is 0. The summed E-state index contributed by atoms with van der Waals surface area (Å²) in [6.45, 7) is 0.879. The SMILES string of the molecule is C[C@H](O)CC(C(F)(F)F)C(F)(F)F. The molecule has 1 nitrogen and oxygen atoms in total. The van der Waals surface area contributed by atoms with E-state index in [0.717, 1.165) is 6.92 Å². The van der Waals surface area contributed by atoms with E-state index in [1.165, 1.54) is 0 Å². The third kappa shape index (κ3) is 4.35. The van der Waals surface area contributed by atoms with Crippen molar-refractivity contribution in [3.8, 4) is 0 Å². The second kappa shape index (κ2) is 3.73. The Hall–Kier alpha value is -0.460. The third-order valence-corrected chi connectivity index (χ3v) is 1.37. The zero-order chi connectivity index (χ0) is 10.9. The van der Waals surface area contributed by atoms with Gasteiger partial charge in [-0.05, 0) is 13.3 Å². The van der Waals surface area contributed by atoms with Crippen molar-refractivity contribution < 1.29 is 31.4 Å². The molecule has 7 heteroatoms. The highest BCUT2D eigenvalue weighted by Gasteiger charge is 2.56. The molecule has 0 aliphatic carbocycles. The first-order valence-electron chi connectivity index (χ1n) is 3.36. The summed E-state index contributed by atoms with van der Waals surface area (Å²) in [4.78, 5) is 0. The fourth-order valence-corrected chi connectivity index (χ4v) is 0.794. The summed E-state index contributed by atoms with van der Waals surface area (Å²) in [5, 5.41) is 8.45. The topological polar surface area (TPSA) is 20.2 Å². The monoisotopic (exact) mass is 210 g/mol. The second-order valence-corrected chi connectivity index (χ2v) is 2.72. The molecule has 1 atom stereocenters. The Morgan fingerprint density at radius 2 is 1.31 bits per heavy atom. The Kier molecular flexibility index (Phi) is 3.60.